The smallest absolute Gasteiger partial charge is 0.191 e. The molecule has 0 unspecified atom stereocenters. The zero-order valence-corrected chi connectivity index (χ0v) is 12.4. The topological polar surface area (TPSA) is 67.1 Å². The Balaban J connectivity index is 0.00000225. The first-order chi connectivity index (χ1) is 7.13. The summed E-state index contributed by atoms with van der Waals surface area (Å²) in [6.07, 6.45) is 1.68. The molecule has 0 fully saturated rings. The van der Waals surface area contributed by atoms with Crippen LogP contribution >= 0.6 is 24.0 Å². The van der Waals surface area contributed by atoms with Crippen LogP contribution in [0.15, 0.2) is 11.3 Å². The molecule has 0 atom stereocenters. The number of hydrogen-bond acceptors (Lipinski definition) is 3. The molecule has 2 N–H and O–H groups in total. The molecule has 0 saturated carbocycles. The molecule has 0 saturated heterocycles. The second-order valence-corrected chi connectivity index (χ2v) is 3.58. The Morgan fingerprint density at radius 3 is 2.69 bits per heavy atom. The van der Waals surface area contributed by atoms with E-state index in [0.29, 0.717) is 12.6 Å². The van der Waals surface area contributed by atoms with Crippen LogP contribution in [0.25, 0.3) is 0 Å². The lowest BCUT2D eigenvalue weighted by molar-refractivity contribution is 0.680. The van der Waals surface area contributed by atoms with Crippen LogP contribution in [-0.4, -0.2) is 33.8 Å². The number of aliphatic imine (C=N–C) groups is 1. The number of rotatable bonds is 3. The zero-order valence-electron chi connectivity index (χ0n) is 10.1. The maximum absolute atomic E-state index is 4.09. The van der Waals surface area contributed by atoms with Gasteiger partial charge in [-0.3, -0.25) is 4.99 Å². The molecule has 1 aromatic heterocycles. The van der Waals surface area contributed by atoms with Crippen LogP contribution in [0, 0.1) is 0 Å². The van der Waals surface area contributed by atoms with E-state index < -0.39 is 0 Å². The minimum atomic E-state index is 0. The van der Waals surface area contributed by atoms with Gasteiger partial charge in [-0.1, -0.05) is 0 Å². The minimum absolute atomic E-state index is 0. The Morgan fingerprint density at radius 1 is 1.56 bits per heavy atom. The van der Waals surface area contributed by atoms with Crippen molar-refractivity contribution >= 4 is 29.9 Å². The molecule has 0 aromatic carbocycles. The standard InChI is InChI=1S/C9H18N6.HI/c1-7(2)13-9(10-3)11-5-8-14-12-6-15(8)4;/h6-7H,5H2,1-4H3,(H2,10,11,13);1H. The summed E-state index contributed by atoms with van der Waals surface area (Å²) in [7, 11) is 3.66. The molecule has 0 aliphatic rings. The highest BCUT2D eigenvalue weighted by molar-refractivity contribution is 14.0. The van der Waals surface area contributed by atoms with Gasteiger partial charge in [-0.15, -0.1) is 34.2 Å². The molecule has 0 amide bonds. The Bertz CT molecular complexity index is 332. The molecule has 0 aliphatic heterocycles. The summed E-state index contributed by atoms with van der Waals surface area (Å²) in [5.41, 5.74) is 0. The number of nitrogens with zero attached hydrogens (tertiary/aromatic N) is 4. The van der Waals surface area contributed by atoms with Gasteiger partial charge >= 0.3 is 0 Å². The van der Waals surface area contributed by atoms with Gasteiger partial charge in [0.1, 0.15) is 6.33 Å². The van der Waals surface area contributed by atoms with Crippen molar-refractivity contribution in [1.82, 2.24) is 25.4 Å². The second-order valence-electron chi connectivity index (χ2n) is 3.58. The average Bonchev–Trinajstić information content (AvgIpc) is 2.58. The summed E-state index contributed by atoms with van der Waals surface area (Å²) in [4.78, 5) is 4.09. The van der Waals surface area contributed by atoms with E-state index >= 15 is 0 Å². The number of aromatic nitrogens is 3. The lowest BCUT2D eigenvalue weighted by Crippen LogP contribution is -2.40. The summed E-state index contributed by atoms with van der Waals surface area (Å²) in [5.74, 6) is 1.65. The Hall–Kier alpha value is -0.860. The van der Waals surface area contributed by atoms with E-state index in [1.54, 1.807) is 13.4 Å². The van der Waals surface area contributed by atoms with Crippen molar-refractivity contribution in [3.05, 3.63) is 12.2 Å². The van der Waals surface area contributed by atoms with Crippen LogP contribution < -0.4 is 10.6 Å². The Labute approximate surface area is 113 Å². The van der Waals surface area contributed by atoms with Crippen LogP contribution in [0.3, 0.4) is 0 Å². The van der Waals surface area contributed by atoms with E-state index in [-0.39, 0.29) is 24.0 Å². The Morgan fingerprint density at radius 2 is 2.25 bits per heavy atom. The first-order valence-corrected chi connectivity index (χ1v) is 4.93. The highest BCUT2D eigenvalue weighted by Crippen LogP contribution is 1.89. The first-order valence-electron chi connectivity index (χ1n) is 4.93. The quantitative estimate of drug-likeness (QED) is 0.479. The number of aryl methyl sites for hydroxylation is 1. The normalized spacial score (nSPS) is 11.2. The third-order valence-corrected chi connectivity index (χ3v) is 1.87. The van der Waals surface area contributed by atoms with Gasteiger partial charge in [0.05, 0.1) is 6.54 Å². The summed E-state index contributed by atoms with van der Waals surface area (Å²) >= 11 is 0. The van der Waals surface area contributed by atoms with Crippen molar-refractivity contribution in [3.8, 4) is 0 Å². The van der Waals surface area contributed by atoms with Crippen LogP contribution in [0.5, 0.6) is 0 Å². The summed E-state index contributed by atoms with van der Waals surface area (Å²) in [6.45, 7) is 4.74. The van der Waals surface area contributed by atoms with Gasteiger partial charge < -0.3 is 15.2 Å². The van der Waals surface area contributed by atoms with E-state index in [2.05, 4.69) is 39.7 Å². The zero-order chi connectivity index (χ0) is 11.3. The lowest BCUT2D eigenvalue weighted by Gasteiger charge is -2.13. The number of guanidine groups is 1. The molecule has 0 bridgehead atoms. The fourth-order valence-electron chi connectivity index (χ4n) is 1.10. The van der Waals surface area contributed by atoms with Crippen LogP contribution in [0.4, 0.5) is 0 Å². The van der Waals surface area contributed by atoms with Gasteiger partial charge in [0.15, 0.2) is 11.8 Å². The van der Waals surface area contributed by atoms with Gasteiger partial charge in [0.25, 0.3) is 0 Å². The van der Waals surface area contributed by atoms with E-state index in [0.717, 1.165) is 11.8 Å². The largest absolute Gasteiger partial charge is 0.354 e. The monoisotopic (exact) mass is 338 g/mol. The second kappa shape index (κ2) is 7.42. The van der Waals surface area contributed by atoms with Crippen LogP contribution in [0.1, 0.15) is 19.7 Å². The molecule has 1 heterocycles. The van der Waals surface area contributed by atoms with Crippen molar-refractivity contribution in [3.63, 3.8) is 0 Å². The third kappa shape index (κ3) is 4.77. The average molecular weight is 338 g/mol. The van der Waals surface area contributed by atoms with Gasteiger partial charge in [-0.05, 0) is 13.8 Å². The van der Waals surface area contributed by atoms with E-state index in [1.807, 2.05) is 11.6 Å². The molecule has 0 aliphatic carbocycles. The van der Waals surface area contributed by atoms with Gasteiger partial charge in [0, 0.05) is 20.1 Å². The van der Waals surface area contributed by atoms with E-state index in [4.69, 9.17) is 0 Å². The summed E-state index contributed by atoms with van der Waals surface area (Å²) < 4.78 is 1.87. The highest BCUT2D eigenvalue weighted by Gasteiger charge is 2.03. The first kappa shape index (κ1) is 15.1. The predicted molar refractivity (Wildman–Crippen MR) is 74.9 cm³/mol. The maximum atomic E-state index is 4.09. The minimum Gasteiger partial charge on any atom is -0.354 e. The highest BCUT2D eigenvalue weighted by atomic mass is 127. The van der Waals surface area contributed by atoms with Gasteiger partial charge in [-0.25, -0.2) is 0 Å². The van der Waals surface area contributed by atoms with E-state index in [9.17, 15) is 0 Å². The summed E-state index contributed by atoms with van der Waals surface area (Å²) in [6, 6.07) is 0.357. The molecule has 0 radical (unpaired) electrons. The van der Waals surface area contributed by atoms with Crippen LogP contribution in [-0.2, 0) is 13.6 Å². The molecule has 92 valence electrons. The number of nitrogens with one attached hydrogen (secondary N) is 2. The van der Waals surface area contributed by atoms with Crippen molar-refractivity contribution in [2.75, 3.05) is 7.05 Å². The SMILES string of the molecule is CN=C(NCc1nncn1C)NC(C)C.I. The third-order valence-electron chi connectivity index (χ3n) is 1.87. The van der Waals surface area contributed by atoms with Gasteiger partial charge in [-0.2, -0.15) is 0 Å². The molecule has 1 rings (SSSR count). The fraction of sp³-hybridized carbons (Fsp3) is 0.667. The van der Waals surface area contributed by atoms with Crippen molar-refractivity contribution in [2.24, 2.45) is 12.0 Å². The van der Waals surface area contributed by atoms with Crippen molar-refractivity contribution in [2.45, 2.75) is 26.4 Å². The molecule has 16 heavy (non-hydrogen) atoms. The molecule has 7 heteroatoms. The van der Waals surface area contributed by atoms with Crippen molar-refractivity contribution in [1.29, 1.82) is 0 Å². The molecule has 6 nitrogen and oxygen atoms in total. The van der Waals surface area contributed by atoms with Crippen molar-refractivity contribution < 1.29 is 0 Å². The van der Waals surface area contributed by atoms with E-state index in [1.165, 1.54) is 0 Å². The molecular weight excluding hydrogens is 319 g/mol. The molecule has 0 spiro atoms. The maximum Gasteiger partial charge on any atom is 0.191 e. The van der Waals surface area contributed by atoms with Gasteiger partial charge in [0.2, 0.25) is 0 Å². The fourth-order valence-corrected chi connectivity index (χ4v) is 1.10. The lowest BCUT2D eigenvalue weighted by atomic mass is 10.4. The predicted octanol–water partition coefficient (Wildman–Crippen LogP) is 0.506. The summed E-state index contributed by atoms with van der Waals surface area (Å²) in [5, 5.41) is 14.1. The Kier molecular flexibility index (Phi) is 7.02. The molecular formula is C9H19IN6. The van der Waals surface area contributed by atoms with Crippen LogP contribution in [0.2, 0.25) is 0 Å². The number of hydrogen-bond donors (Lipinski definition) is 2. The molecule has 1 aromatic rings. The number of halogens is 1.